The van der Waals surface area contributed by atoms with Crippen LogP contribution in [0.15, 0.2) is 11.1 Å². The highest BCUT2D eigenvalue weighted by molar-refractivity contribution is 6.02. The number of aliphatic carboxylic acids is 1. The van der Waals surface area contributed by atoms with Crippen molar-refractivity contribution in [2.24, 2.45) is 50.7 Å². The minimum atomic E-state index is -1.16. The Kier molecular flexibility index (Phi) is 9.11. The maximum atomic E-state index is 13.9. The zero-order valence-electron chi connectivity index (χ0n) is 32.0. The molecule has 8 heteroatoms. The number of carbonyl (C=O) groups excluding carboxylic acids is 3. The Hall–Kier alpha value is -2.38. The van der Waals surface area contributed by atoms with Crippen molar-refractivity contribution in [3.8, 4) is 0 Å². The van der Waals surface area contributed by atoms with Gasteiger partial charge in [0.25, 0.3) is 0 Å². The van der Waals surface area contributed by atoms with Gasteiger partial charge in [0, 0.05) is 24.9 Å². The second kappa shape index (κ2) is 11.9. The van der Waals surface area contributed by atoms with E-state index in [2.05, 4.69) is 53.8 Å². The van der Waals surface area contributed by atoms with Crippen molar-refractivity contribution in [3.05, 3.63) is 11.1 Å². The number of Topliss-reactive ketones (excluding diaryl/α,β-unsaturated/α-hetero) is 1. The highest BCUT2D eigenvalue weighted by atomic mass is 16.5. The number of nitrogens with one attached hydrogen (secondary N) is 1. The molecule has 4 saturated carbocycles. The largest absolute Gasteiger partial charge is 0.481 e. The summed E-state index contributed by atoms with van der Waals surface area (Å²) >= 11 is 0. The van der Waals surface area contributed by atoms with E-state index in [1.807, 2.05) is 20.9 Å². The van der Waals surface area contributed by atoms with Crippen molar-refractivity contribution in [2.45, 2.75) is 158 Å². The molecule has 48 heavy (non-hydrogen) atoms. The zero-order chi connectivity index (χ0) is 36.0. The lowest BCUT2D eigenvalue weighted by atomic mass is 9.33. The fourth-order valence-corrected chi connectivity index (χ4v) is 12.1. The highest BCUT2D eigenvalue weighted by Crippen LogP contribution is 2.76. The quantitative estimate of drug-likeness (QED) is 0.265. The summed E-state index contributed by atoms with van der Waals surface area (Å²) in [6.45, 7) is 23.6. The van der Waals surface area contributed by atoms with Crippen LogP contribution in [0.5, 0.6) is 0 Å². The third-order valence-corrected chi connectivity index (χ3v) is 15.2. The molecule has 0 saturated heterocycles. The van der Waals surface area contributed by atoms with Crippen LogP contribution in [0.1, 0.15) is 140 Å². The van der Waals surface area contributed by atoms with Crippen LogP contribution in [0, 0.1) is 50.7 Å². The minimum Gasteiger partial charge on any atom is -0.481 e. The monoisotopic (exact) mass is 668 g/mol. The number of amides is 2. The van der Waals surface area contributed by atoms with Crippen LogP contribution in [-0.4, -0.2) is 58.5 Å². The average Bonchev–Trinajstić information content (AvgIpc) is 3.25. The number of ether oxygens (including phenoxy) is 1. The number of allylic oxidation sites excluding steroid dienone is 1. The van der Waals surface area contributed by atoms with Crippen molar-refractivity contribution in [1.29, 1.82) is 0 Å². The molecule has 0 aromatic carbocycles. The molecule has 5 aliphatic rings. The van der Waals surface area contributed by atoms with Gasteiger partial charge in [-0.05, 0) is 130 Å². The molecule has 0 aromatic rings. The molecule has 4 fully saturated rings. The minimum absolute atomic E-state index is 0.0158. The Morgan fingerprint density at radius 1 is 0.917 bits per heavy atom. The highest BCUT2D eigenvalue weighted by Gasteiger charge is 2.70. The molecule has 0 aromatic heterocycles. The zero-order valence-corrected chi connectivity index (χ0v) is 32.0. The lowest BCUT2D eigenvalue weighted by molar-refractivity contribution is -0.232. The van der Waals surface area contributed by atoms with Crippen LogP contribution in [-0.2, 0) is 19.1 Å². The van der Waals surface area contributed by atoms with Gasteiger partial charge in [-0.3, -0.25) is 14.4 Å². The molecule has 270 valence electrons. The van der Waals surface area contributed by atoms with Crippen molar-refractivity contribution in [1.82, 2.24) is 10.2 Å². The topological polar surface area (TPSA) is 113 Å². The molecule has 0 bridgehead atoms. The molecule has 5 rings (SSSR count). The first-order valence-electron chi connectivity index (χ1n) is 18.7. The molecule has 5 aliphatic carbocycles. The van der Waals surface area contributed by atoms with E-state index in [1.54, 1.807) is 18.7 Å². The Morgan fingerprint density at radius 2 is 1.56 bits per heavy atom. The smallest absolute Gasteiger partial charge is 0.318 e. The average molecular weight is 669 g/mol. The van der Waals surface area contributed by atoms with Gasteiger partial charge < -0.3 is 20.1 Å². The van der Waals surface area contributed by atoms with Gasteiger partial charge in [-0.1, -0.05) is 48.5 Å². The van der Waals surface area contributed by atoms with Crippen molar-refractivity contribution in [3.63, 3.8) is 0 Å². The molecule has 0 spiro atoms. The fourth-order valence-electron chi connectivity index (χ4n) is 12.1. The number of urea groups is 1. The summed E-state index contributed by atoms with van der Waals surface area (Å²) in [6, 6.07) is -0.0304. The number of ketones is 1. The molecule has 2 N–H and O–H groups in total. The van der Waals surface area contributed by atoms with E-state index < -0.39 is 22.9 Å². The van der Waals surface area contributed by atoms with Gasteiger partial charge in [0.2, 0.25) is 0 Å². The molecule has 3 unspecified atom stereocenters. The second-order valence-corrected chi connectivity index (χ2v) is 19.1. The Labute approximate surface area is 289 Å². The van der Waals surface area contributed by atoms with Crippen molar-refractivity contribution < 1.29 is 29.0 Å². The van der Waals surface area contributed by atoms with Gasteiger partial charge in [-0.2, -0.15) is 0 Å². The van der Waals surface area contributed by atoms with Crippen molar-refractivity contribution >= 4 is 23.8 Å². The summed E-state index contributed by atoms with van der Waals surface area (Å²) in [7, 11) is 1.84. The lowest BCUT2D eigenvalue weighted by Gasteiger charge is -2.72. The van der Waals surface area contributed by atoms with Gasteiger partial charge in [-0.15, -0.1) is 0 Å². The molecule has 8 atom stereocenters. The Balaban J connectivity index is 1.46. The Morgan fingerprint density at radius 3 is 2.15 bits per heavy atom. The molecule has 0 radical (unpaired) electrons. The van der Waals surface area contributed by atoms with Crippen LogP contribution in [0.4, 0.5) is 4.79 Å². The first-order chi connectivity index (χ1) is 22.0. The number of carbonyl (C=O) groups is 4. The fraction of sp³-hybridized carbons (Fsp3) is 0.850. The molecule has 0 heterocycles. The third-order valence-electron chi connectivity index (χ3n) is 15.2. The van der Waals surface area contributed by atoms with E-state index in [4.69, 9.17) is 4.74 Å². The number of hydrogen-bond donors (Lipinski definition) is 2. The summed E-state index contributed by atoms with van der Waals surface area (Å²) in [5.74, 6) is 0.000251. The van der Waals surface area contributed by atoms with E-state index in [1.165, 1.54) is 5.57 Å². The number of carboxylic acids is 1. The predicted molar refractivity (Wildman–Crippen MR) is 187 cm³/mol. The van der Waals surface area contributed by atoms with Crippen LogP contribution in [0.2, 0.25) is 0 Å². The van der Waals surface area contributed by atoms with Crippen LogP contribution < -0.4 is 5.32 Å². The van der Waals surface area contributed by atoms with E-state index in [9.17, 15) is 24.3 Å². The SMILES string of the molecule is CC(C)C1=C2C3CCC4[C@@]5(C)CC[C@H](OC(=O)CC(C)(C)C(=O)O)C(C)(C)C5CC[C@@]4(C)[C@]3(C)CC[C@@]2(NC(=O)N(C)C(C)C)CC1=O. The van der Waals surface area contributed by atoms with Gasteiger partial charge in [-0.25, -0.2) is 4.79 Å². The van der Waals surface area contributed by atoms with E-state index in [0.717, 1.165) is 56.9 Å². The second-order valence-electron chi connectivity index (χ2n) is 19.1. The number of hydrogen-bond acceptors (Lipinski definition) is 5. The molecule has 2 amide bonds. The van der Waals surface area contributed by atoms with E-state index in [-0.39, 0.29) is 63.9 Å². The number of nitrogens with zero attached hydrogens (tertiary/aromatic N) is 1. The summed E-state index contributed by atoms with van der Waals surface area (Å²) < 4.78 is 6.14. The maximum absolute atomic E-state index is 13.9. The van der Waals surface area contributed by atoms with E-state index >= 15 is 0 Å². The molecular formula is C40H64N2O6. The van der Waals surface area contributed by atoms with Crippen molar-refractivity contribution in [2.75, 3.05) is 7.05 Å². The summed E-state index contributed by atoms with van der Waals surface area (Å²) in [6.07, 6.45) is 7.73. The number of carboxylic acid groups (broad SMARTS) is 1. The summed E-state index contributed by atoms with van der Waals surface area (Å²) in [5, 5.41) is 13.0. The standard InChI is InChI=1S/C40H64N2O6/c1-23(2)31-26(43)21-40(41-34(47)42(12)24(3)4)20-19-38(10)25(32(31)40)13-14-28-37(9)17-16-29(48-30(44)22-35(5,6)33(45)46)36(7,8)27(37)15-18-39(28,38)11/h23-25,27-29H,13-22H2,1-12H3,(H,41,47)(H,45,46)/t25?,27?,28?,29-,37-,38+,39+,40+/m0/s1. The molecular weight excluding hydrogens is 604 g/mol. The van der Waals surface area contributed by atoms with Gasteiger partial charge in [0.15, 0.2) is 5.78 Å². The van der Waals surface area contributed by atoms with Crippen LogP contribution in [0.25, 0.3) is 0 Å². The summed E-state index contributed by atoms with van der Waals surface area (Å²) in [4.78, 5) is 53.9. The first kappa shape index (κ1) is 36.9. The third kappa shape index (κ3) is 5.36. The van der Waals surface area contributed by atoms with Gasteiger partial charge >= 0.3 is 18.0 Å². The van der Waals surface area contributed by atoms with Gasteiger partial charge in [0.1, 0.15) is 6.10 Å². The number of fused-ring (bicyclic) bond motifs is 7. The normalized spacial score (nSPS) is 38.9. The number of esters is 1. The Bertz CT molecular complexity index is 1400. The lowest BCUT2D eigenvalue weighted by Crippen LogP contribution is -2.67. The molecule has 0 aliphatic heterocycles. The summed E-state index contributed by atoms with van der Waals surface area (Å²) in [5.41, 5.74) is 0.306. The van der Waals surface area contributed by atoms with Crippen LogP contribution in [0.3, 0.4) is 0 Å². The maximum Gasteiger partial charge on any atom is 0.318 e. The van der Waals surface area contributed by atoms with Crippen LogP contribution >= 0.6 is 0 Å². The number of rotatable bonds is 7. The predicted octanol–water partition coefficient (Wildman–Crippen LogP) is 8.18. The van der Waals surface area contributed by atoms with E-state index in [0.29, 0.717) is 18.3 Å². The first-order valence-corrected chi connectivity index (χ1v) is 18.7. The molecule has 8 nitrogen and oxygen atoms in total. The van der Waals surface area contributed by atoms with Gasteiger partial charge in [0.05, 0.1) is 17.4 Å².